The number of benzene rings is 1. The molecule has 1 saturated heterocycles. The fourth-order valence-corrected chi connectivity index (χ4v) is 3.91. The highest BCUT2D eigenvalue weighted by Crippen LogP contribution is 2.33. The van der Waals surface area contributed by atoms with Crippen molar-refractivity contribution in [1.29, 1.82) is 0 Å². The maximum atomic E-state index is 13.9. The summed E-state index contributed by atoms with van der Waals surface area (Å²) in [7, 11) is 0. The number of nitrogens with zero attached hydrogens (tertiary/aromatic N) is 4. The lowest BCUT2D eigenvalue weighted by atomic mass is 10.1. The van der Waals surface area contributed by atoms with Gasteiger partial charge in [0.25, 0.3) is 5.91 Å². The molecule has 2 aliphatic rings. The highest BCUT2D eigenvalue weighted by molar-refractivity contribution is 6.06. The average Bonchev–Trinajstić information content (AvgIpc) is 3.31. The third-order valence-corrected chi connectivity index (χ3v) is 5.09. The van der Waals surface area contributed by atoms with Crippen LogP contribution in [-0.4, -0.2) is 45.3 Å². The van der Waals surface area contributed by atoms with Gasteiger partial charge in [0.1, 0.15) is 5.82 Å². The minimum absolute atomic E-state index is 0.244. The quantitative estimate of drug-likeness (QED) is 0.743. The van der Waals surface area contributed by atoms with Crippen LogP contribution in [0.25, 0.3) is 11.0 Å². The second kappa shape index (κ2) is 5.30. The number of carbonyl (C=O) groups is 1. The van der Waals surface area contributed by atoms with Crippen LogP contribution in [0.2, 0.25) is 0 Å². The summed E-state index contributed by atoms with van der Waals surface area (Å²) in [4.78, 5) is 19.1. The third kappa shape index (κ3) is 2.20. The van der Waals surface area contributed by atoms with Gasteiger partial charge in [0.2, 0.25) is 5.95 Å². The molecule has 2 N–H and O–H groups in total. The van der Waals surface area contributed by atoms with Gasteiger partial charge in [-0.05, 0) is 18.6 Å². The van der Waals surface area contributed by atoms with E-state index in [0.717, 1.165) is 36.7 Å². The van der Waals surface area contributed by atoms with Gasteiger partial charge in [0.05, 0.1) is 16.6 Å². The van der Waals surface area contributed by atoms with Crippen molar-refractivity contribution >= 4 is 22.9 Å². The van der Waals surface area contributed by atoms with Gasteiger partial charge in [0.15, 0.2) is 0 Å². The molecular weight excluding hydrogens is 323 g/mol. The van der Waals surface area contributed by atoms with E-state index in [1.54, 1.807) is 6.20 Å². The van der Waals surface area contributed by atoms with Crippen molar-refractivity contribution < 1.29 is 9.18 Å². The van der Waals surface area contributed by atoms with Crippen LogP contribution in [0.15, 0.2) is 24.4 Å². The van der Waals surface area contributed by atoms with Gasteiger partial charge in [0, 0.05) is 50.1 Å². The molecule has 7 nitrogen and oxygen atoms in total. The smallest absolute Gasteiger partial charge is 0.253 e. The van der Waals surface area contributed by atoms with E-state index in [1.165, 1.54) is 12.1 Å². The molecule has 8 heteroatoms. The zero-order valence-electron chi connectivity index (χ0n) is 13.5. The lowest BCUT2D eigenvalue weighted by Gasteiger charge is -2.19. The molecule has 1 amide bonds. The van der Waals surface area contributed by atoms with E-state index in [4.69, 9.17) is 0 Å². The molecule has 25 heavy (non-hydrogen) atoms. The number of hydrogen-bond donors (Lipinski definition) is 2. The van der Waals surface area contributed by atoms with Crippen LogP contribution in [-0.2, 0) is 6.54 Å². The molecule has 1 fully saturated rings. The van der Waals surface area contributed by atoms with Crippen LogP contribution in [0.4, 0.5) is 10.3 Å². The molecule has 5 rings (SSSR count). The molecule has 0 radical (unpaired) electrons. The summed E-state index contributed by atoms with van der Waals surface area (Å²) in [5, 5.41) is 9.90. The maximum Gasteiger partial charge on any atom is 0.253 e. The molecule has 128 valence electrons. The van der Waals surface area contributed by atoms with Crippen molar-refractivity contribution in [2.24, 2.45) is 0 Å². The van der Waals surface area contributed by atoms with Crippen LogP contribution in [0.1, 0.15) is 28.4 Å². The van der Waals surface area contributed by atoms with Gasteiger partial charge in [-0.3, -0.25) is 9.89 Å². The zero-order chi connectivity index (χ0) is 17.0. The van der Waals surface area contributed by atoms with Crippen LogP contribution in [0, 0.1) is 5.82 Å². The summed E-state index contributed by atoms with van der Waals surface area (Å²) in [5.41, 5.74) is 2.73. The Kier molecular flexibility index (Phi) is 3.06. The average molecular weight is 340 g/mol. The molecule has 0 saturated carbocycles. The van der Waals surface area contributed by atoms with Gasteiger partial charge in [-0.2, -0.15) is 5.10 Å². The number of rotatable bonds is 2. The Balaban J connectivity index is 1.59. The number of nitrogens with one attached hydrogen (secondary N) is 2. The SMILES string of the molecule is O=C1NCCn2c(N3CCC(c4ccn[nH]4)C3)nc3cc(F)cc1c32. The topological polar surface area (TPSA) is 78.8 Å². The number of H-pyrrole nitrogens is 1. The van der Waals surface area contributed by atoms with E-state index in [0.29, 0.717) is 30.1 Å². The Bertz CT molecular complexity index is 963. The van der Waals surface area contributed by atoms with E-state index in [-0.39, 0.29) is 5.91 Å². The molecule has 2 aliphatic heterocycles. The highest BCUT2D eigenvalue weighted by atomic mass is 19.1. The molecular formula is C17H17FN6O. The number of aromatic nitrogens is 4. The number of imidazole rings is 1. The van der Waals surface area contributed by atoms with Gasteiger partial charge < -0.3 is 14.8 Å². The highest BCUT2D eigenvalue weighted by Gasteiger charge is 2.30. The molecule has 1 atom stereocenters. The zero-order valence-corrected chi connectivity index (χ0v) is 13.5. The van der Waals surface area contributed by atoms with Crippen molar-refractivity contribution in [2.75, 3.05) is 24.5 Å². The fourth-order valence-electron chi connectivity index (χ4n) is 3.91. The van der Waals surface area contributed by atoms with Gasteiger partial charge in [-0.1, -0.05) is 0 Å². The van der Waals surface area contributed by atoms with E-state index < -0.39 is 5.82 Å². The number of hydrogen-bond acceptors (Lipinski definition) is 4. The van der Waals surface area contributed by atoms with E-state index >= 15 is 0 Å². The van der Waals surface area contributed by atoms with Gasteiger partial charge in [-0.25, -0.2) is 9.37 Å². The van der Waals surface area contributed by atoms with E-state index in [2.05, 4.69) is 25.4 Å². The summed E-state index contributed by atoms with van der Waals surface area (Å²) in [6.45, 7) is 2.82. The van der Waals surface area contributed by atoms with E-state index in [9.17, 15) is 9.18 Å². The van der Waals surface area contributed by atoms with Gasteiger partial charge in [-0.15, -0.1) is 0 Å². The number of carbonyl (C=O) groups excluding carboxylic acids is 1. The molecule has 0 bridgehead atoms. The van der Waals surface area contributed by atoms with Crippen molar-refractivity contribution in [1.82, 2.24) is 25.1 Å². The molecule has 2 aromatic heterocycles. The number of halogens is 1. The summed E-state index contributed by atoms with van der Waals surface area (Å²) in [5.74, 6) is 0.496. The van der Waals surface area contributed by atoms with Crippen LogP contribution >= 0.6 is 0 Å². The predicted octanol–water partition coefficient (Wildman–Crippen LogP) is 1.64. The number of aromatic amines is 1. The first-order valence-electron chi connectivity index (χ1n) is 8.43. The second-order valence-corrected chi connectivity index (χ2v) is 6.58. The van der Waals surface area contributed by atoms with Crippen molar-refractivity contribution in [3.8, 4) is 0 Å². The van der Waals surface area contributed by atoms with Crippen molar-refractivity contribution in [2.45, 2.75) is 18.9 Å². The minimum atomic E-state index is -0.437. The summed E-state index contributed by atoms with van der Waals surface area (Å²) >= 11 is 0. The van der Waals surface area contributed by atoms with Gasteiger partial charge >= 0.3 is 0 Å². The largest absolute Gasteiger partial charge is 0.350 e. The monoisotopic (exact) mass is 340 g/mol. The molecule has 4 heterocycles. The minimum Gasteiger partial charge on any atom is -0.350 e. The van der Waals surface area contributed by atoms with Crippen molar-refractivity contribution in [3.63, 3.8) is 0 Å². The first-order chi connectivity index (χ1) is 12.2. The Hall–Kier alpha value is -2.90. The maximum absolute atomic E-state index is 13.9. The Morgan fingerprint density at radius 3 is 3.04 bits per heavy atom. The summed E-state index contributed by atoms with van der Waals surface area (Å²) in [6.07, 6.45) is 2.77. The third-order valence-electron chi connectivity index (χ3n) is 5.09. The normalized spacial score (nSPS) is 20.1. The lowest BCUT2D eigenvalue weighted by Crippen LogP contribution is -2.26. The number of anilines is 1. The van der Waals surface area contributed by atoms with Crippen LogP contribution in [0.3, 0.4) is 0 Å². The summed E-state index contributed by atoms with van der Waals surface area (Å²) in [6, 6.07) is 4.70. The standard InChI is InChI=1S/C17H17FN6O/c18-11-7-12-15-14(8-11)21-17(24(15)6-4-19-16(12)25)23-5-2-10(9-23)13-1-3-20-22-13/h1,3,7-8,10H,2,4-6,9H2,(H,19,25)(H,20,22). The molecule has 1 aromatic carbocycles. The molecule has 0 spiro atoms. The molecule has 0 aliphatic carbocycles. The van der Waals surface area contributed by atoms with Crippen LogP contribution in [0.5, 0.6) is 0 Å². The Morgan fingerprint density at radius 1 is 1.28 bits per heavy atom. The van der Waals surface area contributed by atoms with Crippen LogP contribution < -0.4 is 10.2 Å². The lowest BCUT2D eigenvalue weighted by molar-refractivity contribution is 0.0956. The Morgan fingerprint density at radius 2 is 2.20 bits per heavy atom. The first-order valence-corrected chi connectivity index (χ1v) is 8.43. The molecule has 3 aromatic rings. The fraction of sp³-hybridized carbons (Fsp3) is 0.353. The van der Waals surface area contributed by atoms with Crippen molar-refractivity contribution in [3.05, 3.63) is 41.5 Å². The number of amides is 1. The van der Waals surface area contributed by atoms with E-state index in [1.807, 2.05) is 10.6 Å². The first kappa shape index (κ1) is 14.4. The second-order valence-electron chi connectivity index (χ2n) is 6.58. The predicted molar refractivity (Wildman–Crippen MR) is 90.2 cm³/mol. The molecule has 1 unspecified atom stereocenters. The Labute approximate surface area is 142 Å². The summed E-state index contributed by atoms with van der Waals surface area (Å²) < 4.78 is 16.0.